The lowest BCUT2D eigenvalue weighted by Crippen LogP contribution is -2.10. The number of hydrogen-bond acceptors (Lipinski definition) is 5. The first kappa shape index (κ1) is 16.9. The number of imidazole rings is 1. The van der Waals surface area contributed by atoms with Crippen LogP contribution in [0.2, 0.25) is 0 Å². The van der Waals surface area contributed by atoms with Gasteiger partial charge in [0.1, 0.15) is 11.9 Å². The number of sulfone groups is 1. The summed E-state index contributed by atoms with van der Waals surface area (Å²) in [5, 5.41) is 2.03. The Labute approximate surface area is 145 Å². The summed E-state index contributed by atoms with van der Waals surface area (Å²) >= 11 is 1.66. The molecule has 1 aromatic carbocycles. The summed E-state index contributed by atoms with van der Waals surface area (Å²) in [5.74, 6) is 0.786. The predicted molar refractivity (Wildman–Crippen MR) is 94.8 cm³/mol. The average molecular weight is 362 g/mol. The standard InChI is InChI=1S/C17H18N2O3S2/c1-22-15(16-4-3-11-23-16)12-19-10-9-18-17(19)13-5-7-14(8-6-13)24(2,20)21/h3-11,15H,12H2,1-2H3/t15-/m0/s1. The third-order valence-electron chi connectivity index (χ3n) is 3.76. The maximum absolute atomic E-state index is 11.6. The van der Waals surface area contributed by atoms with E-state index in [1.807, 2.05) is 22.2 Å². The zero-order valence-corrected chi connectivity index (χ0v) is 15.0. The highest BCUT2D eigenvalue weighted by molar-refractivity contribution is 7.90. The van der Waals surface area contributed by atoms with Crippen molar-refractivity contribution in [3.05, 3.63) is 59.0 Å². The molecular formula is C17H18N2O3S2. The molecule has 0 spiro atoms. The Bertz CT molecular complexity index is 898. The fourth-order valence-corrected chi connectivity index (χ4v) is 3.93. The summed E-state index contributed by atoms with van der Waals surface area (Å²) in [4.78, 5) is 5.87. The molecule has 0 aliphatic rings. The normalized spacial score (nSPS) is 13.1. The van der Waals surface area contributed by atoms with Crippen molar-refractivity contribution in [2.24, 2.45) is 0 Å². The lowest BCUT2D eigenvalue weighted by molar-refractivity contribution is 0.0911. The van der Waals surface area contributed by atoms with Gasteiger partial charge < -0.3 is 9.30 Å². The van der Waals surface area contributed by atoms with Gasteiger partial charge in [0.05, 0.1) is 11.4 Å². The molecule has 0 unspecified atom stereocenters. The molecule has 0 saturated carbocycles. The number of aromatic nitrogens is 2. The van der Waals surface area contributed by atoms with E-state index in [0.717, 1.165) is 16.3 Å². The lowest BCUT2D eigenvalue weighted by atomic mass is 10.2. The van der Waals surface area contributed by atoms with Crippen LogP contribution in [0.3, 0.4) is 0 Å². The smallest absolute Gasteiger partial charge is 0.175 e. The van der Waals surface area contributed by atoms with Gasteiger partial charge in [-0.05, 0) is 35.7 Å². The summed E-state index contributed by atoms with van der Waals surface area (Å²) in [6, 6.07) is 10.8. The van der Waals surface area contributed by atoms with Crippen molar-refractivity contribution >= 4 is 21.2 Å². The van der Waals surface area contributed by atoms with Gasteiger partial charge in [-0.25, -0.2) is 13.4 Å². The molecule has 2 heterocycles. The molecule has 2 aromatic heterocycles. The summed E-state index contributed by atoms with van der Waals surface area (Å²) in [5.41, 5.74) is 0.869. The highest BCUT2D eigenvalue weighted by Gasteiger charge is 2.16. The number of thiophene rings is 1. The number of benzene rings is 1. The summed E-state index contributed by atoms with van der Waals surface area (Å²) < 4.78 is 30.8. The van der Waals surface area contributed by atoms with E-state index in [2.05, 4.69) is 11.1 Å². The Hall–Kier alpha value is -1.96. The van der Waals surface area contributed by atoms with Crippen LogP contribution >= 0.6 is 11.3 Å². The molecule has 0 bridgehead atoms. The van der Waals surface area contributed by atoms with Crippen LogP contribution in [0.5, 0.6) is 0 Å². The quantitative estimate of drug-likeness (QED) is 0.674. The van der Waals surface area contributed by atoms with Crippen molar-refractivity contribution in [1.29, 1.82) is 0 Å². The Kier molecular flexibility index (Phi) is 4.84. The second kappa shape index (κ2) is 6.88. The van der Waals surface area contributed by atoms with Gasteiger partial charge in [-0.3, -0.25) is 0 Å². The zero-order chi connectivity index (χ0) is 17.2. The molecule has 0 amide bonds. The Balaban J connectivity index is 1.87. The van der Waals surface area contributed by atoms with Gasteiger partial charge in [-0.1, -0.05) is 6.07 Å². The molecule has 0 aliphatic carbocycles. The van der Waals surface area contributed by atoms with E-state index in [4.69, 9.17) is 4.74 Å². The van der Waals surface area contributed by atoms with Crippen LogP contribution in [0, 0.1) is 0 Å². The monoisotopic (exact) mass is 362 g/mol. The van der Waals surface area contributed by atoms with Crippen molar-refractivity contribution in [1.82, 2.24) is 9.55 Å². The van der Waals surface area contributed by atoms with E-state index < -0.39 is 9.84 Å². The van der Waals surface area contributed by atoms with E-state index >= 15 is 0 Å². The average Bonchev–Trinajstić information content (AvgIpc) is 3.23. The van der Waals surface area contributed by atoms with Gasteiger partial charge in [0, 0.05) is 36.2 Å². The van der Waals surface area contributed by atoms with Crippen molar-refractivity contribution in [2.45, 2.75) is 17.5 Å². The molecule has 24 heavy (non-hydrogen) atoms. The Morgan fingerprint density at radius 1 is 1.25 bits per heavy atom. The van der Waals surface area contributed by atoms with Crippen LogP contribution in [-0.2, 0) is 21.1 Å². The molecular weight excluding hydrogens is 344 g/mol. The lowest BCUT2D eigenvalue weighted by Gasteiger charge is -2.16. The predicted octanol–water partition coefficient (Wildman–Crippen LogP) is 3.40. The Morgan fingerprint density at radius 3 is 2.58 bits per heavy atom. The van der Waals surface area contributed by atoms with E-state index in [0.29, 0.717) is 11.4 Å². The number of methoxy groups -OCH3 is 1. The zero-order valence-electron chi connectivity index (χ0n) is 13.4. The van der Waals surface area contributed by atoms with Crippen LogP contribution in [0.4, 0.5) is 0 Å². The third kappa shape index (κ3) is 3.58. The topological polar surface area (TPSA) is 61.2 Å². The fraction of sp³-hybridized carbons (Fsp3) is 0.235. The van der Waals surface area contributed by atoms with E-state index in [1.165, 1.54) is 6.26 Å². The van der Waals surface area contributed by atoms with Crippen molar-refractivity contribution in [3.8, 4) is 11.4 Å². The molecule has 1 atom stereocenters. The first-order chi connectivity index (χ1) is 11.5. The second-order valence-corrected chi connectivity index (χ2v) is 8.43. The minimum atomic E-state index is -3.20. The first-order valence-corrected chi connectivity index (χ1v) is 10.1. The Morgan fingerprint density at radius 2 is 2.00 bits per heavy atom. The van der Waals surface area contributed by atoms with E-state index in [-0.39, 0.29) is 6.10 Å². The fourth-order valence-electron chi connectivity index (χ4n) is 2.50. The van der Waals surface area contributed by atoms with Gasteiger partial charge in [0.15, 0.2) is 9.84 Å². The SMILES string of the molecule is CO[C@@H](Cn1ccnc1-c1ccc(S(C)(=O)=O)cc1)c1cccs1. The molecule has 3 aromatic rings. The van der Waals surface area contributed by atoms with Gasteiger partial charge >= 0.3 is 0 Å². The molecule has 126 valence electrons. The van der Waals surface area contributed by atoms with Crippen LogP contribution in [-0.4, -0.2) is 31.3 Å². The molecule has 7 heteroatoms. The van der Waals surface area contributed by atoms with E-state index in [1.54, 1.807) is 48.9 Å². The molecule has 0 radical (unpaired) electrons. The molecule has 0 saturated heterocycles. The van der Waals surface area contributed by atoms with Gasteiger partial charge in [0.2, 0.25) is 0 Å². The highest BCUT2D eigenvalue weighted by Crippen LogP contribution is 2.26. The van der Waals surface area contributed by atoms with Crippen LogP contribution in [0.1, 0.15) is 11.0 Å². The number of hydrogen-bond donors (Lipinski definition) is 0. The minimum Gasteiger partial charge on any atom is -0.374 e. The molecule has 5 nitrogen and oxygen atoms in total. The molecule has 3 rings (SSSR count). The molecule has 0 N–H and O–H groups in total. The second-order valence-electron chi connectivity index (χ2n) is 5.44. The summed E-state index contributed by atoms with van der Waals surface area (Å²) in [7, 11) is -1.50. The van der Waals surface area contributed by atoms with Crippen molar-refractivity contribution in [2.75, 3.05) is 13.4 Å². The molecule has 0 aliphatic heterocycles. The van der Waals surface area contributed by atoms with Crippen LogP contribution < -0.4 is 0 Å². The number of ether oxygens (including phenoxy) is 1. The van der Waals surface area contributed by atoms with Gasteiger partial charge in [-0.2, -0.15) is 0 Å². The maximum atomic E-state index is 11.6. The first-order valence-electron chi connectivity index (χ1n) is 7.37. The van der Waals surface area contributed by atoms with Crippen molar-refractivity contribution in [3.63, 3.8) is 0 Å². The highest BCUT2D eigenvalue weighted by atomic mass is 32.2. The van der Waals surface area contributed by atoms with Crippen molar-refractivity contribution < 1.29 is 13.2 Å². The number of nitrogens with zero attached hydrogens (tertiary/aromatic N) is 2. The van der Waals surface area contributed by atoms with Gasteiger partial charge in [-0.15, -0.1) is 11.3 Å². The van der Waals surface area contributed by atoms with Crippen LogP contribution in [0.25, 0.3) is 11.4 Å². The van der Waals surface area contributed by atoms with Gasteiger partial charge in [0.25, 0.3) is 0 Å². The maximum Gasteiger partial charge on any atom is 0.175 e. The minimum absolute atomic E-state index is 0.0479. The number of rotatable bonds is 6. The van der Waals surface area contributed by atoms with Crippen LogP contribution in [0.15, 0.2) is 59.1 Å². The molecule has 0 fully saturated rings. The van der Waals surface area contributed by atoms with E-state index in [9.17, 15) is 8.42 Å². The summed E-state index contributed by atoms with van der Waals surface area (Å²) in [6.07, 6.45) is 4.79. The third-order valence-corrected chi connectivity index (χ3v) is 5.86. The summed E-state index contributed by atoms with van der Waals surface area (Å²) in [6.45, 7) is 0.639. The largest absolute Gasteiger partial charge is 0.374 e.